The lowest BCUT2D eigenvalue weighted by Gasteiger charge is -2.09. The molecule has 0 amide bonds. The lowest BCUT2D eigenvalue weighted by Crippen LogP contribution is -1.89. The van der Waals surface area contributed by atoms with Gasteiger partial charge >= 0.3 is 0 Å². The predicted octanol–water partition coefficient (Wildman–Crippen LogP) is 7.07. The number of fused-ring (bicyclic) bond motifs is 4. The molecule has 28 heavy (non-hydrogen) atoms. The van der Waals surface area contributed by atoms with Crippen molar-refractivity contribution in [2.24, 2.45) is 0 Å². The van der Waals surface area contributed by atoms with Crippen molar-refractivity contribution in [2.45, 2.75) is 0 Å². The molecule has 0 nitrogen and oxygen atoms in total. The van der Waals surface area contributed by atoms with Crippen LogP contribution in [0.15, 0.2) is 109 Å². The highest BCUT2D eigenvalue weighted by Gasteiger charge is 2.29. The van der Waals surface area contributed by atoms with E-state index in [0.29, 0.717) is 0 Å². The summed E-state index contributed by atoms with van der Waals surface area (Å²) in [5.41, 5.74) is 13.2. The van der Waals surface area contributed by atoms with Crippen LogP contribution in [0.25, 0.3) is 27.8 Å². The Balaban J connectivity index is 1.71. The largest absolute Gasteiger partial charge is 0.0622 e. The van der Waals surface area contributed by atoms with Gasteiger partial charge in [0.05, 0.1) is 0 Å². The van der Waals surface area contributed by atoms with Gasteiger partial charge in [-0.25, -0.2) is 0 Å². The second-order valence-electron chi connectivity index (χ2n) is 7.35. The van der Waals surface area contributed by atoms with Crippen LogP contribution in [0.1, 0.15) is 27.8 Å². The van der Waals surface area contributed by atoms with Crippen LogP contribution in [-0.2, 0) is 0 Å². The first-order chi connectivity index (χ1) is 13.9. The topological polar surface area (TPSA) is 0 Å². The summed E-state index contributed by atoms with van der Waals surface area (Å²) in [6.45, 7) is 0. The van der Waals surface area contributed by atoms with Crippen LogP contribution in [-0.4, -0.2) is 0 Å². The van der Waals surface area contributed by atoms with Crippen LogP contribution >= 0.6 is 0 Å². The summed E-state index contributed by atoms with van der Waals surface area (Å²) in [6.07, 6.45) is 2.38. The zero-order valence-electron chi connectivity index (χ0n) is 15.4. The van der Waals surface area contributed by atoms with E-state index >= 15 is 0 Å². The Hall–Kier alpha value is -3.64. The van der Waals surface area contributed by atoms with Gasteiger partial charge in [-0.05, 0) is 61.7 Å². The van der Waals surface area contributed by atoms with E-state index < -0.39 is 0 Å². The molecule has 0 saturated heterocycles. The van der Waals surface area contributed by atoms with Gasteiger partial charge in [0.25, 0.3) is 0 Å². The van der Waals surface area contributed by atoms with Gasteiger partial charge in [0, 0.05) is 0 Å². The number of benzene rings is 4. The molecule has 0 saturated carbocycles. The minimum atomic E-state index is 1.27. The summed E-state index contributed by atoms with van der Waals surface area (Å²) in [6, 6.07) is 37.1. The number of hydrogen-bond acceptors (Lipinski definition) is 0. The maximum atomic E-state index is 2.38. The van der Waals surface area contributed by atoms with Gasteiger partial charge in [-0.2, -0.15) is 0 Å². The highest BCUT2D eigenvalue weighted by atomic mass is 14.3. The molecule has 0 heteroatoms. The monoisotopic (exact) mass is 354 g/mol. The first-order valence-corrected chi connectivity index (χ1v) is 9.72. The Morgan fingerprint density at radius 3 is 1.43 bits per heavy atom. The SMILES string of the molecule is C1=C(c2ccccc2)c2ccccc2C1=C1c2ccccc2-c2ccccc21. The highest BCUT2D eigenvalue weighted by Crippen LogP contribution is 2.51. The van der Waals surface area contributed by atoms with Crippen molar-refractivity contribution in [3.05, 3.63) is 137 Å². The number of rotatable bonds is 1. The van der Waals surface area contributed by atoms with E-state index in [2.05, 4.69) is 109 Å². The standard InChI is InChI=1S/C28H18/c1-2-10-19(11-3-1)26-18-27(23-15-5-4-14-22(23)26)28-24-16-8-6-12-20(24)21-13-7-9-17-25(21)28/h1-18H. The van der Waals surface area contributed by atoms with Gasteiger partial charge in [0.15, 0.2) is 0 Å². The molecule has 0 bridgehead atoms. The Bertz CT molecular complexity index is 1240. The van der Waals surface area contributed by atoms with Crippen molar-refractivity contribution >= 4 is 16.7 Å². The molecule has 0 spiro atoms. The van der Waals surface area contributed by atoms with Gasteiger partial charge in [-0.1, -0.05) is 103 Å². The summed E-state index contributed by atoms with van der Waals surface area (Å²) in [5, 5.41) is 0. The van der Waals surface area contributed by atoms with Crippen LogP contribution in [0.5, 0.6) is 0 Å². The smallest absolute Gasteiger partial charge is 0.00199 e. The van der Waals surface area contributed by atoms with Crippen LogP contribution < -0.4 is 0 Å². The Kier molecular flexibility index (Phi) is 3.27. The van der Waals surface area contributed by atoms with E-state index in [0.717, 1.165) is 0 Å². The molecule has 4 aromatic rings. The van der Waals surface area contributed by atoms with Gasteiger partial charge in [0.1, 0.15) is 0 Å². The zero-order chi connectivity index (χ0) is 18.5. The summed E-state index contributed by atoms with van der Waals surface area (Å²) in [7, 11) is 0. The quantitative estimate of drug-likeness (QED) is 0.302. The molecule has 130 valence electrons. The zero-order valence-corrected chi connectivity index (χ0v) is 15.4. The van der Waals surface area contributed by atoms with Crippen LogP contribution in [0, 0.1) is 0 Å². The third-order valence-corrected chi connectivity index (χ3v) is 5.83. The van der Waals surface area contributed by atoms with Crippen LogP contribution in [0.4, 0.5) is 0 Å². The highest BCUT2D eigenvalue weighted by molar-refractivity contribution is 6.17. The molecular formula is C28H18. The molecular weight excluding hydrogens is 336 g/mol. The molecule has 4 aromatic carbocycles. The van der Waals surface area contributed by atoms with Gasteiger partial charge in [-0.3, -0.25) is 0 Å². The Labute approximate surface area is 165 Å². The molecule has 0 atom stereocenters. The average Bonchev–Trinajstić information content (AvgIpc) is 3.30. The Morgan fingerprint density at radius 2 is 0.821 bits per heavy atom. The van der Waals surface area contributed by atoms with E-state index in [9.17, 15) is 0 Å². The molecule has 0 radical (unpaired) electrons. The molecule has 6 rings (SSSR count). The third kappa shape index (κ3) is 2.12. The second-order valence-corrected chi connectivity index (χ2v) is 7.35. The van der Waals surface area contributed by atoms with Gasteiger partial charge < -0.3 is 0 Å². The third-order valence-electron chi connectivity index (χ3n) is 5.83. The van der Waals surface area contributed by atoms with Gasteiger partial charge in [-0.15, -0.1) is 0 Å². The van der Waals surface area contributed by atoms with Crippen molar-refractivity contribution < 1.29 is 0 Å². The fraction of sp³-hybridized carbons (Fsp3) is 0. The number of allylic oxidation sites excluding steroid dienone is 2. The second kappa shape index (κ2) is 5.94. The summed E-state index contributed by atoms with van der Waals surface area (Å²) < 4.78 is 0. The van der Waals surface area contributed by atoms with Crippen LogP contribution in [0.2, 0.25) is 0 Å². The van der Waals surface area contributed by atoms with E-state index in [-0.39, 0.29) is 0 Å². The first kappa shape index (κ1) is 15.4. The average molecular weight is 354 g/mol. The summed E-state index contributed by atoms with van der Waals surface area (Å²) in [4.78, 5) is 0. The van der Waals surface area contributed by atoms with E-state index in [1.165, 1.54) is 55.7 Å². The predicted molar refractivity (Wildman–Crippen MR) is 118 cm³/mol. The molecule has 0 aliphatic heterocycles. The van der Waals surface area contributed by atoms with E-state index in [1.54, 1.807) is 0 Å². The van der Waals surface area contributed by atoms with Crippen molar-refractivity contribution in [2.75, 3.05) is 0 Å². The maximum Gasteiger partial charge on any atom is -0.00199 e. The summed E-state index contributed by atoms with van der Waals surface area (Å²) >= 11 is 0. The maximum absolute atomic E-state index is 2.38. The van der Waals surface area contributed by atoms with Crippen molar-refractivity contribution in [3.8, 4) is 11.1 Å². The summed E-state index contributed by atoms with van der Waals surface area (Å²) in [5.74, 6) is 0. The molecule has 0 aromatic heterocycles. The van der Waals surface area contributed by atoms with E-state index in [4.69, 9.17) is 0 Å². The van der Waals surface area contributed by atoms with E-state index in [1.807, 2.05) is 0 Å². The molecule has 0 unspecified atom stereocenters. The lowest BCUT2D eigenvalue weighted by molar-refractivity contribution is 1.55. The van der Waals surface area contributed by atoms with Crippen molar-refractivity contribution in [3.63, 3.8) is 0 Å². The minimum Gasteiger partial charge on any atom is -0.0622 e. The first-order valence-electron chi connectivity index (χ1n) is 9.72. The van der Waals surface area contributed by atoms with Crippen molar-refractivity contribution in [1.82, 2.24) is 0 Å². The lowest BCUT2D eigenvalue weighted by atomic mass is 9.94. The molecule has 0 heterocycles. The minimum absolute atomic E-state index is 1.27. The van der Waals surface area contributed by atoms with Gasteiger partial charge in [0.2, 0.25) is 0 Å². The van der Waals surface area contributed by atoms with Crippen molar-refractivity contribution in [1.29, 1.82) is 0 Å². The molecule has 2 aliphatic carbocycles. The fourth-order valence-corrected chi connectivity index (χ4v) is 4.62. The normalized spacial score (nSPS) is 13.8. The fourth-order valence-electron chi connectivity index (χ4n) is 4.62. The van der Waals surface area contributed by atoms with Crippen LogP contribution in [0.3, 0.4) is 0 Å². The number of hydrogen-bond donors (Lipinski definition) is 0. The molecule has 0 fully saturated rings. The molecule has 0 N–H and O–H groups in total. The molecule has 2 aliphatic rings. The Morgan fingerprint density at radius 1 is 0.357 bits per heavy atom.